The van der Waals surface area contributed by atoms with Crippen molar-refractivity contribution in [1.82, 2.24) is 15.5 Å². The predicted molar refractivity (Wildman–Crippen MR) is 110 cm³/mol. The molecule has 3 heterocycles. The van der Waals surface area contributed by atoms with Crippen LogP contribution in [0.15, 0.2) is 69.8 Å². The van der Waals surface area contributed by atoms with Gasteiger partial charge in [0.2, 0.25) is 18.5 Å². The Morgan fingerprint density at radius 3 is 2.84 bits per heavy atom. The number of amides is 2. The Labute approximate surface area is 177 Å². The van der Waals surface area contributed by atoms with Crippen molar-refractivity contribution in [3.8, 4) is 23.1 Å². The lowest BCUT2D eigenvalue weighted by Gasteiger charge is -2.11. The summed E-state index contributed by atoms with van der Waals surface area (Å²) in [5.41, 5.74) is 2.41. The van der Waals surface area contributed by atoms with E-state index in [1.807, 2.05) is 42.5 Å². The van der Waals surface area contributed by atoms with Crippen LogP contribution in [0.4, 0.5) is 10.5 Å². The number of fused-ring (bicyclic) bond motifs is 1. The molecule has 5 rings (SSSR count). The number of ether oxygens (including phenoxy) is 2. The van der Waals surface area contributed by atoms with Crippen molar-refractivity contribution in [2.75, 3.05) is 12.1 Å². The molecule has 0 radical (unpaired) electrons. The Hall–Kier alpha value is -4.27. The monoisotopic (exact) mass is 418 g/mol. The van der Waals surface area contributed by atoms with Gasteiger partial charge in [0.1, 0.15) is 0 Å². The molecule has 4 aromatic rings. The molecule has 0 atom stereocenters. The van der Waals surface area contributed by atoms with E-state index < -0.39 is 0 Å². The highest BCUT2D eigenvalue weighted by molar-refractivity contribution is 5.90. The van der Waals surface area contributed by atoms with Crippen LogP contribution in [0.5, 0.6) is 11.5 Å². The highest BCUT2D eigenvalue weighted by Gasteiger charge is 2.15. The molecular formula is C22H18N4O5. The van der Waals surface area contributed by atoms with Crippen LogP contribution in [0.25, 0.3) is 11.6 Å². The standard InChI is InChI=1S/C22H18N4O5/c27-22(23-12-14-7-8-17-19(10-14)30-13-29-17)24-16-5-2-1-4-15(16)11-20-25-21(26-31-20)18-6-3-9-28-18/h1-10H,11-13H2,(H2,23,24,27). The van der Waals surface area contributed by atoms with E-state index in [1.54, 1.807) is 18.4 Å². The van der Waals surface area contributed by atoms with Crippen LogP contribution >= 0.6 is 0 Å². The van der Waals surface area contributed by atoms with E-state index in [0.29, 0.717) is 47.6 Å². The molecule has 0 bridgehead atoms. The number of hydrogen-bond acceptors (Lipinski definition) is 7. The normalized spacial score (nSPS) is 12.0. The molecule has 0 saturated heterocycles. The van der Waals surface area contributed by atoms with E-state index >= 15 is 0 Å². The number of urea groups is 1. The van der Waals surface area contributed by atoms with Crippen LogP contribution in [0.2, 0.25) is 0 Å². The Balaban J connectivity index is 1.22. The molecule has 1 aliphatic heterocycles. The minimum Gasteiger partial charge on any atom is -0.461 e. The van der Waals surface area contributed by atoms with E-state index in [0.717, 1.165) is 11.1 Å². The molecule has 9 heteroatoms. The van der Waals surface area contributed by atoms with Gasteiger partial charge in [-0.1, -0.05) is 29.4 Å². The Morgan fingerprint density at radius 2 is 1.94 bits per heavy atom. The number of carbonyl (C=O) groups is 1. The lowest BCUT2D eigenvalue weighted by atomic mass is 10.1. The second-order valence-corrected chi connectivity index (χ2v) is 6.82. The van der Waals surface area contributed by atoms with Crippen molar-refractivity contribution in [2.24, 2.45) is 0 Å². The van der Waals surface area contributed by atoms with Gasteiger partial charge in [-0.05, 0) is 41.5 Å². The first-order valence-corrected chi connectivity index (χ1v) is 9.62. The quantitative estimate of drug-likeness (QED) is 0.487. The molecule has 1 aliphatic rings. The number of aromatic nitrogens is 2. The van der Waals surface area contributed by atoms with Crippen molar-refractivity contribution in [1.29, 1.82) is 0 Å². The average molecular weight is 418 g/mol. The van der Waals surface area contributed by atoms with Crippen molar-refractivity contribution >= 4 is 11.7 Å². The van der Waals surface area contributed by atoms with Crippen LogP contribution in [-0.2, 0) is 13.0 Å². The summed E-state index contributed by atoms with van der Waals surface area (Å²) in [6.07, 6.45) is 1.92. The van der Waals surface area contributed by atoms with Crippen molar-refractivity contribution in [2.45, 2.75) is 13.0 Å². The van der Waals surface area contributed by atoms with Crippen LogP contribution in [0, 0.1) is 0 Å². The summed E-state index contributed by atoms with van der Waals surface area (Å²) >= 11 is 0. The highest BCUT2D eigenvalue weighted by Crippen LogP contribution is 2.32. The number of nitrogens with one attached hydrogen (secondary N) is 2. The molecule has 9 nitrogen and oxygen atoms in total. The molecule has 2 aromatic carbocycles. The number of nitrogens with zero attached hydrogens (tertiary/aromatic N) is 2. The predicted octanol–water partition coefficient (Wildman–Crippen LogP) is 3.97. The van der Waals surface area contributed by atoms with Crippen LogP contribution in [0.1, 0.15) is 17.0 Å². The maximum atomic E-state index is 12.4. The molecule has 0 aliphatic carbocycles. The van der Waals surface area contributed by atoms with Crippen molar-refractivity contribution in [3.05, 3.63) is 77.9 Å². The van der Waals surface area contributed by atoms with E-state index in [-0.39, 0.29) is 12.8 Å². The first-order chi connectivity index (χ1) is 15.2. The van der Waals surface area contributed by atoms with Gasteiger partial charge in [0.25, 0.3) is 0 Å². The van der Waals surface area contributed by atoms with Crippen LogP contribution in [0.3, 0.4) is 0 Å². The number of rotatable bonds is 6. The molecule has 156 valence electrons. The highest BCUT2D eigenvalue weighted by atomic mass is 16.7. The zero-order chi connectivity index (χ0) is 21.0. The zero-order valence-electron chi connectivity index (χ0n) is 16.3. The maximum Gasteiger partial charge on any atom is 0.319 e. The fourth-order valence-electron chi connectivity index (χ4n) is 3.19. The van der Waals surface area contributed by atoms with Crippen molar-refractivity contribution < 1.29 is 23.2 Å². The van der Waals surface area contributed by atoms with Gasteiger partial charge in [0.15, 0.2) is 17.3 Å². The summed E-state index contributed by atoms with van der Waals surface area (Å²) in [6.45, 7) is 0.563. The number of anilines is 1. The largest absolute Gasteiger partial charge is 0.461 e. The smallest absolute Gasteiger partial charge is 0.319 e. The summed E-state index contributed by atoms with van der Waals surface area (Å²) in [5.74, 6) is 2.72. The zero-order valence-corrected chi connectivity index (χ0v) is 16.3. The number of benzene rings is 2. The molecule has 31 heavy (non-hydrogen) atoms. The third-order valence-electron chi connectivity index (χ3n) is 4.71. The van der Waals surface area contributed by atoms with Gasteiger partial charge in [-0.3, -0.25) is 0 Å². The molecule has 2 amide bonds. The van der Waals surface area contributed by atoms with E-state index in [1.165, 1.54) is 0 Å². The summed E-state index contributed by atoms with van der Waals surface area (Å²) in [7, 11) is 0. The molecular weight excluding hydrogens is 400 g/mol. The maximum absolute atomic E-state index is 12.4. The number of furan rings is 1. The summed E-state index contributed by atoms with van der Waals surface area (Å²) in [6, 6.07) is 16.2. The molecule has 0 fully saturated rings. The van der Waals surface area contributed by atoms with E-state index in [2.05, 4.69) is 20.8 Å². The second kappa shape index (κ2) is 8.23. The first-order valence-electron chi connectivity index (χ1n) is 9.62. The average Bonchev–Trinajstić information content (AvgIpc) is 3.54. The van der Waals surface area contributed by atoms with Gasteiger partial charge in [-0.15, -0.1) is 0 Å². The lowest BCUT2D eigenvalue weighted by molar-refractivity contribution is 0.174. The molecule has 0 unspecified atom stereocenters. The summed E-state index contributed by atoms with van der Waals surface area (Å²) < 4.78 is 21.3. The molecule has 2 N–H and O–H groups in total. The van der Waals surface area contributed by atoms with Crippen molar-refractivity contribution in [3.63, 3.8) is 0 Å². The topological polar surface area (TPSA) is 112 Å². The minimum atomic E-state index is -0.327. The van der Waals surface area contributed by atoms with E-state index in [4.69, 9.17) is 18.4 Å². The van der Waals surface area contributed by atoms with Gasteiger partial charge in [-0.25, -0.2) is 4.79 Å². The lowest BCUT2D eigenvalue weighted by Crippen LogP contribution is -2.28. The molecule has 2 aromatic heterocycles. The van der Waals surface area contributed by atoms with Crippen LogP contribution in [-0.4, -0.2) is 23.0 Å². The SMILES string of the molecule is O=C(NCc1ccc2c(c1)OCO2)Nc1ccccc1Cc1nc(-c2ccco2)no1. The first kappa shape index (κ1) is 18.7. The molecule has 0 spiro atoms. The number of carbonyl (C=O) groups excluding carboxylic acids is 1. The number of para-hydroxylation sites is 1. The Morgan fingerprint density at radius 1 is 1.03 bits per heavy atom. The summed E-state index contributed by atoms with van der Waals surface area (Å²) in [5, 5.41) is 9.65. The van der Waals surface area contributed by atoms with Gasteiger partial charge < -0.3 is 29.0 Å². The fraction of sp³-hybridized carbons (Fsp3) is 0.136. The number of hydrogen-bond donors (Lipinski definition) is 2. The van der Waals surface area contributed by atoms with Gasteiger partial charge in [-0.2, -0.15) is 4.98 Å². The van der Waals surface area contributed by atoms with Gasteiger partial charge in [0.05, 0.1) is 12.7 Å². The minimum absolute atomic E-state index is 0.215. The fourth-order valence-corrected chi connectivity index (χ4v) is 3.19. The Bertz CT molecular complexity index is 1200. The summed E-state index contributed by atoms with van der Waals surface area (Å²) in [4.78, 5) is 16.8. The van der Waals surface area contributed by atoms with Gasteiger partial charge in [0, 0.05) is 12.2 Å². The third kappa shape index (κ3) is 4.20. The van der Waals surface area contributed by atoms with E-state index in [9.17, 15) is 4.79 Å². The van der Waals surface area contributed by atoms with Crippen LogP contribution < -0.4 is 20.1 Å². The third-order valence-corrected chi connectivity index (χ3v) is 4.71. The molecule has 0 saturated carbocycles. The Kier molecular flexibility index (Phi) is 4.97. The van der Waals surface area contributed by atoms with Gasteiger partial charge >= 0.3 is 6.03 Å². The second-order valence-electron chi connectivity index (χ2n) is 6.82.